The second kappa shape index (κ2) is 8.46. The van der Waals surface area contributed by atoms with Crippen LogP contribution in [0, 0.1) is 5.82 Å². The van der Waals surface area contributed by atoms with Crippen molar-refractivity contribution < 1.29 is 4.39 Å². The van der Waals surface area contributed by atoms with E-state index in [1.165, 1.54) is 17.7 Å². The van der Waals surface area contributed by atoms with E-state index in [4.69, 9.17) is 4.98 Å². The summed E-state index contributed by atoms with van der Waals surface area (Å²) >= 11 is 1.66. The van der Waals surface area contributed by atoms with Crippen LogP contribution < -0.4 is 4.90 Å². The van der Waals surface area contributed by atoms with Gasteiger partial charge in [-0.2, -0.15) is 0 Å². The molecule has 0 N–H and O–H groups in total. The lowest BCUT2D eigenvalue weighted by molar-refractivity contribution is 0.284. The number of rotatable bonds is 5. The Morgan fingerprint density at radius 3 is 2.44 bits per heavy atom. The summed E-state index contributed by atoms with van der Waals surface area (Å²) in [5, 5.41) is 3.10. The summed E-state index contributed by atoms with van der Waals surface area (Å²) < 4.78 is 13.1. The normalized spacial score (nSPS) is 15.5. The van der Waals surface area contributed by atoms with Crippen molar-refractivity contribution in [1.29, 1.82) is 0 Å². The fraction of sp³-hybridized carbons (Fsp3) is 0.227. The third kappa shape index (κ3) is 4.62. The molecule has 0 amide bonds. The summed E-state index contributed by atoms with van der Waals surface area (Å²) in [6.07, 6.45) is 4.42. The number of halogens is 1. The fourth-order valence-electron chi connectivity index (χ4n) is 3.19. The lowest BCUT2D eigenvalue weighted by Crippen LogP contribution is -2.46. The molecule has 0 aliphatic carbocycles. The monoisotopic (exact) mass is 379 g/mol. The van der Waals surface area contributed by atoms with Crippen LogP contribution in [-0.2, 0) is 0 Å². The minimum Gasteiger partial charge on any atom is -0.346 e. The molecule has 0 unspecified atom stereocenters. The Hall–Kier alpha value is -2.50. The summed E-state index contributed by atoms with van der Waals surface area (Å²) in [6.45, 7) is 5.00. The Labute approximate surface area is 163 Å². The van der Waals surface area contributed by atoms with E-state index >= 15 is 0 Å². The lowest BCUT2D eigenvalue weighted by atomic mass is 10.2. The Balaban J connectivity index is 1.30. The third-order valence-electron chi connectivity index (χ3n) is 4.75. The number of aromatic nitrogens is 1. The van der Waals surface area contributed by atoms with Crippen LogP contribution in [0.5, 0.6) is 0 Å². The van der Waals surface area contributed by atoms with Crippen LogP contribution in [0.15, 0.2) is 66.1 Å². The molecule has 1 aliphatic rings. The molecule has 0 radical (unpaired) electrons. The van der Waals surface area contributed by atoms with E-state index < -0.39 is 0 Å². The van der Waals surface area contributed by atoms with E-state index in [1.54, 1.807) is 23.5 Å². The second-order valence-corrected chi connectivity index (χ2v) is 7.46. The molecule has 1 fully saturated rings. The van der Waals surface area contributed by atoms with Crippen molar-refractivity contribution in [1.82, 2.24) is 9.88 Å². The number of anilines is 1. The molecule has 1 aliphatic heterocycles. The number of piperazine rings is 1. The summed E-state index contributed by atoms with van der Waals surface area (Å²) in [5.41, 5.74) is 3.12. The van der Waals surface area contributed by atoms with Crippen molar-refractivity contribution in [2.24, 2.45) is 0 Å². The first-order valence-corrected chi connectivity index (χ1v) is 10.1. The zero-order valence-corrected chi connectivity index (χ0v) is 15.9. The van der Waals surface area contributed by atoms with Gasteiger partial charge >= 0.3 is 0 Å². The van der Waals surface area contributed by atoms with Crippen molar-refractivity contribution in [2.75, 3.05) is 37.6 Å². The number of thiazole rings is 1. The van der Waals surface area contributed by atoms with Gasteiger partial charge in [0.25, 0.3) is 0 Å². The maximum absolute atomic E-state index is 13.1. The fourth-order valence-corrected chi connectivity index (χ4v) is 4.08. The number of hydrogen-bond acceptors (Lipinski definition) is 4. The van der Waals surface area contributed by atoms with Gasteiger partial charge in [-0.25, -0.2) is 9.37 Å². The summed E-state index contributed by atoms with van der Waals surface area (Å²) in [6, 6.07) is 16.9. The van der Waals surface area contributed by atoms with Gasteiger partial charge in [-0.05, 0) is 29.8 Å². The third-order valence-corrected chi connectivity index (χ3v) is 5.65. The van der Waals surface area contributed by atoms with Crippen LogP contribution >= 0.6 is 11.3 Å². The molecule has 2 aromatic carbocycles. The van der Waals surface area contributed by atoms with Gasteiger partial charge < -0.3 is 4.90 Å². The molecule has 0 bridgehead atoms. The van der Waals surface area contributed by atoms with E-state index in [1.807, 2.05) is 6.07 Å². The summed E-state index contributed by atoms with van der Waals surface area (Å²) in [5.74, 6) is -0.216. The van der Waals surface area contributed by atoms with Crippen molar-refractivity contribution in [2.45, 2.75) is 0 Å². The van der Waals surface area contributed by atoms with E-state index in [0.29, 0.717) is 0 Å². The number of hydrogen-bond donors (Lipinski definition) is 0. The number of benzene rings is 2. The molecule has 3 nitrogen and oxygen atoms in total. The Morgan fingerprint density at radius 1 is 0.963 bits per heavy atom. The Morgan fingerprint density at radius 2 is 1.70 bits per heavy atom. The molecule has 5 heteroatoms. The highest BCUT2D eigenvalue weighted by molar-refractivity contribution is 7.14. The Bertz CT molecular complexity index is 881. The molecular formula is C22H22FN3S. The highest BCUT2D eigenvalue weighted by Crippen LogP contribution is 2.28. The van der Waals surface area contributed by atoms with Crippen LogP contribution in [0.25, 0.3) is 17.3 Å². The molecule has 1 aromatic heterocycles. The average Bonchev–Trinajstić information content (AvgIpc) is 3.20. The largest absolute Gasteiger partial charge is 0.346 e. The van der Waals surface area contributed by atoms with Crippen LogP contribution in [0.2, 0.25) is 0 Å². The zero-order chi connectivity index (χ0) is 18.5. The quantitative estimate of drug-likeness (QED) is 0.636. The lowest BCUT2D eigenvalue weighted by Gasteiger charge is -2.33. The van der Waals surface area contributed by atoms with Gasteiger partial charge in [-0.1, -0.05) is 42.5 Å². The molecule has 138 valence electrons. The van der Waals surface area contributed by atoms with Crippen molar-refractivity contribution in [3.63, 3.8) is 0 Å². The van der Waals surface area contributed by atoms with Crippen molar-refractivity contribution >= 4 is 22.5 Å². The molecule has 3 aromatic rings. The van der Waals surface area contributed by atoms with Crippen LogP contribution in [0.1, 0.15) is 5.56 Å². The second-order valence-electron chi connectivity index (χ2n) is 6.62. The summed E-state index contributed by atoms with van der Waals surface area (Å²) in [7, 11) is 0. The molecule has 0 atom stereocenters. The van der Waals surface area contributed by atoms with Gasteiger partial charge in [0.15, 0.2) is 5.13 Å². The van der Waals surface area contributed by atoms with Gasteiger partial charge in [-0.15, -0.1) is 11.3 Å². The zero-order valence-electron chi connectivity index (χ0n) is 15.1. The van der Waals surface area contributed by atoms with Crippen molar-refractivity contribution in [3.05, 3.63) is 77.4 Å². The minimum atomic E-state index is -0.216. The first-order chi connectivity index (χ1) is 13.3. The predicted octanol–water partition coefficient (Wildman–Crippen LogP) is 4.78. The molecule has 2 heterocycles. The van der Waals surface area contributed by atoms with Crippen LogP contribution in [-0.4, -0.2) is 42.6 Å². The van der Waals surface area contributed by atoms with Crippen LogP contribution in [0.4, 0.5) is 9.52 Å². The molecule has 27 heavy (non-hydrogen) atoms. The van der Waals surface area contributed by atoms with Gasteiger partial charge in [0.2, 0.25) is 0 Å². The van der Waals surface area contributed by atoms with Gasteiger partial charge in [0.1, 0.15) is 5.82 Å². The van der Waals surface area contributed by atoms with Gasteiger partial charge in [0, 0.05) is 43.7 Å². The SMILES string of the molecule is Fc1ccc(-c2csc(N3CCN(CC=Cc4ccccc4)CC3)n2)cc1. The highest BCUT2D eigenvalue weighted by Gasteiger charge is 2.19. The van der Waals surface area contributed by atoms with E-state index in [9.17, 15) is 4.39 Å². The van der Waals surface area contributed by atoms with Gasteiger partial charge in [-0.3, -0.25) is 4.90 Å². The predicted molar refractivity (Wildman–Crippen MR) is 112 cm³/mol. The van der Waals surface area contributed by atoms with E-state index in [2.05, 4.69) is 51.6 Å². The standard InChI is InChI=1S/C22H22FN3S/c23-20-10-8-19(9-11-20)21-17-27-22(24-21)26-15-13-25(14-16-26)12-4-7-18-5-2-1-3-6-18/h1-11,17H,12-16H2. The topological polar surface area (TPSA) is 19.4 Å². The maximum Gasteiger partial charge on any atom is 0.185 e. The highest BCUT2D eigenvalue weighted by atomic mass is 32.1. The minimum absolute atomic E-state index is 0.216. The van der Waals surface area contributed by atoms with E-state index in [-0.39, 0.29) is 5.82 Å². The first kappa shape index (κ1) is 17.9. The van der Waals surface area contributed by atoms with Crippen molar-refractivity contribution in [3.8, 4) is 11.3 Å². The van der Waals surface area contributed by atoms with Gasteiger partial charge in [0.05, 0.1) is 5.69 Å². The Kier molecular flexibility index (Phi) is 5.61. The van der Waals surface area contributed by atoms with E-state index in [0.717, 1.165) is 49.1 Å². The first-order valence-electron chi connectivity index (χ1n) is 9.18. The van der Waals surface area contributed by atoms with Crippen LogP contribution in [0.3, 0.4) is 0 Å². The molecular weight excluding hydrogens is 357 g/mol. The average molecular weight is 380 g/mol. The smallest absolute Gasteiger partial charge is 0.185 e. The molecule has 0 spiro atoms. The summed E-state index contributed by atoms with van der Waals surface area (Å²) in [4.78, 5) is 9.56. The molecule has 0 saturated carbocycles. The maximum atomic E-state index is 13.1. The number of nitrogens with zero attached hydrogens (tertiary/aromatic N) is 3. The molecule has 1 saturated heterocycles. The molecule has 4 rings (SSSR count).